The average molecular weight is 444 g/mol. The first kappa shape index (κ1) is 19.2. The van der Waals surface area contributed by atoms with Crippen LogP contribution in [-0.4, -0.2) is 25.8 Å². The minimum atomic E-state index is -0.648. The molecule has 0 saturated heterocycles. The van der Waals surface area contributed by atoms with Crippen LogP contribution in [-0.2, 0) is 0 Å². The molecule has 0 saturated carbocycles. The minimum Gasteiger partial charge on any atom is -0.319 e. The molecule has 0 aliphatic carbocycles. The maximum absolute atomic E-state index is 12.3. The highest BCUT2D eigenvalue weighted by Gasteiger charge is 2.24. The van der Waals surface area contributed by atoms with E-state index in [1.807, 2.05) is 0 Å². The first-order valence-corrected chi connectivity index (χ1v) is 8.76. The summed E-state index contributed by atoms with van der Waals surface area (Å²) in [4.78, 5) is 35.2. The second-order valence-electron chi connectivity index (χ2n) is 5.52. The van der Waals surface area contributed by atoms with Crippen molar-refractivity contribution in [3.8, 4) is 0 Å². The van der Waals surface area contributed by atoms with Gasteiger partial charge in [-0.2, -0.15) is 0 Å². The Morgan fingerprint density at radius 2 is 1.86 bits per heavy atom. The fraction of sp³-hybridized carbons (Fsp3) is 0.0588. The van der Waals surface area contributed by atoms with Crippen molar-refractivity contribution in [1.82, 2.24) is 20.4 Å². The molecule has 1 amide bonds. The molecule has 0 aliphatic rings. The molecular weight excluding hydrogens is 430 g/mol. The van der Waals surface area contributed by atoms with Crippen LogP contribution in [0.4, 0.5) is 23.1 Å². The molecule has 0 unspecified atom stereocenters. The quantitative estimate of drug-likeness (QED) is 0.389. The van der Waals surface area contributed by atoms with Gasteiger partial charge in [-0.1, -0.05) is 18.2 Å². The summed E-state index contributed by atoms with van der Waals surface area (Å²) in [5.74, 6) is -0.327. The highest BCUT2D eigenvalue weighted by atomic mass is 79.9. The summed E-state index contributed by atoms with van der Waals surface area (Å²) in [6, 6.07) is 12.0. The van der Waals surface area contributed by atoms with Crippen molar-refractivity contribution in [2.75, 3.05) is 10.7 Å². The zero-order valence-electron chi connectivity index (χ0n) is 14.5. The van der Waals surface area contributed by atoms with E-state index in [-0.39, 0.29) is 11.6 Å². The number of benzene rings is 1. The van der Waals surface area contributed by atoms with Crippen LogP contribution < -0.4 is 16.2 Å². The topological polar surface area (TPSA) is 135 Å². The Morgan fingerprint density at radius 1 is 1.11 bits per heavy atom. The number of aromatic nitrogens is 3. The number of pyridine rings is 1. The van der Waals surface area contributed by atoms with E-state index < -0.39 is 16.5 Å². The highest BCUT2D eigenvalue weighted by molar-refractivity contribution is 9.10. The lowest BCUT2D eigenvalue weighted by atomic mass is 10.2. The Balaban J connectivity index is 1.84. The van der Waals surface area contributed by atoms with Gasteiger partial charge >= 0.3 is 5.69 Å². The second kappa shape index (κ2) is 8.39. The molecule has 3 N–H and O–H groups in total. The van der Waals surface area contributed by atoms with Crippen LogP contribution in [0.1, 0.15) is 16.1 Å². The molecule has 0 bridgehead atoms. The normalized spacial score (nSPS) is 10.2. The number of carbonyl (C=O) groups is 1. The number of aryl methyl sites for hydroxylation is 1. The third-order valence-electron chi connectivity index (χ3n) is 3.55. The molecule has 11 heteroatoms. The Labute approximate surface area is 167 Å². The maximum atomic E-state index is 12.3. The van der Waals surface area contributed by atoms with Gasteiger partial charge in [0, 0.05) is 10.2 Å². The van der Waals surface area contributed by atoms with Crippen molar-refractivity contribution >= 4 is 45.0 Å². The second-order valence-corrected chi connectivity index (χ2v) is 6.38. The molecule has 2 aromatic heterocycles. The van der Waals surface area contributed by atoms with Crippen LogP contribution in [0.5, 0.6) is 0 Å². The van der Waals surface area contributed by atoms with Gasteiger partial charge in [0.1, 0.15) is 12.1 Å². The molecule has 28 heavy (non-hydrogen) atoms. The predicted molar refractivity (Wildman–Crippen MR) is 106 cm³/mol. The number of hydrogen-bond donors (Lipinski definition) is 3. The summed E-state index contributed by atoms with van der Waals surface area (Å²) in [7, 11) is 0. The van der Waals surface area contributed by atoms with Crippen LogP contribution in [0.2, 0.25) is 0 Å². The van der Waals surface area contributed by atoms with Gasteiger partial charge in [-0.3, -0.25) is 25.8 Å². The van der Waals surface area contributed by atoms with Crippen molar-refractivity contribution in [3.05, 3.63) is 74.6 Å². The summed E-state index contributed by atoms with van der Waals surface area (Å²) in [6.45, 7) is 1.80. The van der Waals surface area contributed by atoms with E-state index in [1.54, 1.807) is 49.4 Å². The van der Waals surface area contributed by atoms with Crippen molar-refractivity contribution in [2.45, 2.75) is 6.92 Å². The van der Waals surface area contributed by atoms with Gasteiger partial charge in [0.05, 0.1) is 10.5 Å². The molecule has 10 nitrogen and oxygen atoms in total. The molecule has 0 fully saturated rings. The third kappa shape index (κ3) is 4.38. The first-order valence-electron chi connectivity index (χ1n) is 7.96. The zero-order valence-corrected chi connectivity index (χ0v) is 16.1. The number of hydrazine groups is 1. The van der Waals surface area contributed by atoms with Gasteiger partial charge in [0.2, 0.25) is 11.6 Å². The van der Waals surface area contributed by atoms with Crippen LogP contribution in [0.3, 0.4) is 0 Å². The van der Waals surface area contributed by atoms with Crippen molar-refractivity contribution < 1.29 is 9.72 Å². The zero-order chi connectivity index (χ0) is 20.1. The van der Waals surface area contributed by atoms with E-state index in [2.05, 4.69) is 47.1 Å². The fourth-order valence-electron chi connectivity index (χ4n) is 2.30. The molecule has 1 aromatic carbocycles. The number of nitro groups is 1. The smallest absolute Gasteiger partial charge is 0.319 e. The lowest BCUT2D eigenvalue weighted by Crippen LogP contribution is -2.30. The lowest BCUT2D eigenvalue weighted by molar-refractivity contribution is -0.383. The van der Waals surface area contributed by atoms with E-state index in [0.717, 1.165) is 12.0 Å². The van der Waals surface area contributed by atoms with Crippen LogP contribution in [0.25, 0.3) is 0 Å². The van der Waals surface area contributed by atoms with Crippen molar-refractivity contribution in [2.24, 2.45) is 0 Å². The van der Waals surface area contributed by atoms with Gasteiger partial charge in [-0.05, 0) is 47.1 Å². The number of nitrogens with zero attached hydrogens (tertiary/aromatic N) is 4. The Bertz CT molecular complexity index is 1040. The highest BCUT2D eigenvalue weighted by Crippen LogP contribution is 2.30. The van der Waals surface area contributed by atoms with E-state index in [9.17, 15) is 14.9 Å². The number of anilines is 3. The Kier molecular flexibility index (Phi) is 5.75. The van der Waals surface area contributed by atoms with Crippen LogP contribution >= 0.6 is 15.9 Å². The molecule has 0 aliphatic heterocycles. The Hall–Kier alpha value is -3.60. The number of carbonyl (C=O) groups excluding carboxylic acids is 1. The van der Waals surface area contributed by atoms with Gasteiger partial charge in [-0.25, -0.2) is 15.0 Å². The van der Waals surface area contributed by atoms with E-state index in [4.69, 9.17) is 0 Å². The van der Waals surface area contributed by atoms with Gasteiger partial charge < -0.3 is 5.32 Å². The molecule has 2 heterocycles. The summed E-state index contributed by atoms with van der Waals surface area (Å²) in [5.41, 5.74) is 5.54. The average Bonchev–Trinajstić information content (AvgIpc) is 2.66. The predicted octanol–water partition coefficient (Wildman–Crippen LogP) is 3.35. The van der Waals surface area contributed by atoms with E-state index in [0.29, 0.717) is 15.9 Å². The molecule has 0 spiro atoms. The standard InChI is InChI=1S/C17H14BrN7O3/c1-10-5-4-8-13(21-10)22-15-14(25(27)28)16(20-9-19-15)23-24-17(26)11-6-2-3-7-12(11)18/h2-9H,1H3,(H,24,26)(H2,19,20,21,22,23). The monoisotopic (exact) mass is 443 g/mol. The summed E-state index contributed by atoms with van der Waals surface area (Å²) in [5, 5.41) is 14.4. The molecule has 3 aromatic rings. The number of halogens is 1. The Morgan fingerprint density at radius 3 is 2.57 bits per heavy atom. The SMILES string of the molecule is Cc1cccc(Nc2ncnc(NNC(=O)c3ccccc3Br)c2[N+](=O)[O-])n1. The summed E-state index contributed by atoms with van der Waals surface area (Å²) in [6.07, 6.45) is 1.14. The largest absolute Gasteiger partial charge is 0.355 e. The van der Waals surface area contributed by atoms with Crippen LogP contribution in [0, 0.1) is 17.0 Å². The van der Waals surface area contributed by atoms with E-state index in [1.165, 1.54) is 0 Å². The van der Waals surface area contributed by atoms with Gasteiger partial charge in [0.25, 0.3) is 5.91 Å². The number of amides is 1. The minimum absolute atomic E-state index is 0.0595. The molecule has 0 atom stereocenters. The summed E-state index contributed by atoms with van der Waals surface area (Å²) >= 11 is 3.28. The fourth-order valence-corrected chi connectivity index (χ4v) is 2.76. The molecule has 0 radical (unpaired) electrons. The van der Waals surface area contributed by atoms with Gasteiger partial charge in [-0.15, -0.1) is 0 Å². The van der Waals surface area contributed by atoms with E-state index >= 15 is 0 Å². The number of nitrogens with one attached hydrogen (secondary N) is 3. The van der Waals surface area contributed by atoms with Crippen LogP contribution in [0.15, 0.2) is 53.3 Å². The maximum Gasteiger partial charge on any atom is 0.355 e. The van der Waals surface area contributed by atoms with Crippen molar-refractivity contribution in [3.63, 3.8) is 0 Å². The first-order chi connectivity index (χ1) is 13.5. The lowest BCUT2D eigenvalue weighted by Gasteiger charge is -2.11. The van der Waals surface area contributed by atoms with Gasteiger partial charge in [0.15, 0.2) is 0 Å². The number of hydrogen-bond acceptors (Lipinski definition) is 8. The summed E-state index contributed by atoms with van der Waals surface area (Å²) < 4.78 is 0.583. The molecule has 3 rings (SSSR count). The third-order valence-corrected chi connectivity index (χ3v) is 4.24. The molecular formula is C17H14BrN7O3. The van der Waals surface area contributed by atoms with Crippen molar-refractivity contribution in [1.29, 1.82) is 0 Å². The molecule has 142 valence electrons. The number of rotatable bonds is 6.